The third-order valence-electron chi connectivity index (χ3n) is 2.11. The van der Waals surface area contributed by atoms with Crippen molar-refractivity contribution in [2.45, 2.75) is 19.4 Å². The summed E-state index contributed by atoms with van der Waals surface area (Å²) in [6.07, 6.45) is 0.141. The van der Waals surface area contributed by atoms with Crippen LogP contribution in [0.15, 0.2) is 18.2 Å². The number of nitrogens with one attached hydrogen (secondary N) is 1. The van der Waals surface area contributed by atoms with E-state index >= 15 is 0 Å². The molecule has 0 saturated heterocycles. The molecule has 1 aromatic carbocycles. The van der Waals surface area contributed by atoms with Crippen molar-refractivity contribution < 1.29 is 14.6 Å². The lowest BCUT2D eigenvalue weighted by atomic mass is 10.2. The van der Waals surface area contributed by atoms with Crippen molar-refractivity contribution in [3.05, 3.63) is 23.2 Å². The highest BCUT2D eigenvalue weighted by Crippen LogP contribution is 2.26. The number of phenolic OH excluding ortho intramolecular Hbond substituents is 1. The maximum Gasteiger partial charge on any atom is 0.226 e. The van der Waals surface area contributed by atoms with Gasteiger partial charge in [0.05, 0.1) is 17.5 Å². The van der Waals surface area contributed by atoms with Gasteiger partial charge in [0, 0.05) is 12.8 Å². The molecule has 0 aliphatic carbocycles. The molecular formula is C11H14ClNO3. The molecule has 16 heavy (non-hydrogen) atoms. The predicted octanol–water partition coefficient (Wildman–Crippen LogP) is 2.41. The Hall–Kier alpha value is -1.26. The van der Waals surface area contributed by atoms with Crippen molar-refractivity contribution in [3.8, 4) is 5.75 Å². The number of rotatable bonds is 4. The number of amides is 1. The van der Waals surface area contributed by atoms with E-state index in [0.29, 0.717) is 5.69 Å². The molecule has 0 bridgehead atoms. The standard InChI is InChI=1S/C11H14ClNO3/c1-7(16-2)5-11(15)13-8-3-4-10(14)9(12)6-8/h3-4,6-7,14H,5H2,1-2H3,(H,13,15)/t7-/m0/s1. The zero-order valence-corrected chi connectivity index (χ0v) is 9.91. The summed E-state index contributed by atoms with van der Waals surface area (Å²) in [5, 5.41) is 12.1. The summed E-state index contributed by atoms with van der Waals surface area (Å²) in [4.78, 5) is 11.5. The van der Waals surface area contributed by atoms with Gasteiger partial charge in [-0.25, -0.2) is 0 Å². The quantitative estimate of drug-likeness (QED) is 0.799. The van der Waals surface area contributed by atoms with Gasteiger partial charge in [0.2, 0.25) is 5.91 Å². The zero-order valence-electron chi connectivity index (χ0n) is 9.16. The lowest BCUT2D eigenvalue weighted by Crippen LogP contribution is -2.18. The molecule has 0 unspecified atom stereocenters. The number of phenols is 1. The monoisotopic (exact) mass is 243 g/mol. The second kappa shape index (κ2) is 5.72. The number of benzene rings is 1. The van der Waals surface area contributed by atoms with Crippen molar-refractivity contribution in [1.29, 1.82) is 0 Å². The first-order valence-corrected chi connectivity index (χ1v) is 5.22. The maximum absolute atomic E-state index is 11.5. The van der Waals surface area contributed by atoms with Crippen LogP contribution >= 0.6 is 11.6 Å². The van der Waals surface area contributed by atoms with Gasteiger partial charge in [0.1, 0.15) is 5.75 Å². The van der Waals surface area contributed by atoms with E-state index in [-0.39, 0.29) is 29.2 Å². The molecule has 4 nitrogen and oxygen atoms in total. The molecule has 0 radical (unpaired) electrons. The first kappa shape index (κ1) is 12.8. The molecule has 1 aromatic rings. The molecule has 2 N–H and O–H groups in total. The Balaban J connectivity index is 2.59. The van der Waals surface area contributed by atoms with E-state index in [9.17, 15) is 9.90 Å². The summed E-state index contributed by atoms with van der Waals surface area (Å²) in [5.74, 6) is -0.166. The summed E-state index contributed by atoms with van der Waals surface area (Å²) in [7, 11) is 1.55. The van der Waals surface area contributed by atoms with Crippen molar-refractivity contribution in [3.63, 3.8) is 0 Å². The van der Waals surface area contributed by atoms with Crippen molar-refractivity contribution in [1.82, 2.24) is 0 Å². The largest absolute Gasteiger partial charge is 0.506 e. The summed E-state index contributed by atoms with van der Waals surface area (Å²) < 4.78 is 4.97. The molecule has 0 aliphatic heterocycles. The number of aromatic hydroxyl groups is 1. The number of carbonyl (C=O) groups excluding carboxylic acids is 1. The summed E-state index contributed by atoms with van der Waals surface area (Å²) >= 11 is 5.70. The van der Waals surface area contributed by atoms with E-state index in [0.717, 1.165) is 0 Å². The summed E-state index contributed by atoms with van der Waals surface area (Å²) in [6.45, 7) is 1.81. The number of anilines is 1. The van der Waals surface area contributed by atoms with E-state index in [1.165, 1.54) is 12.1 Å². The Kier molecular flexibility index (Phi) is 4.58. The molecule has 0 aliphatic rings. The number of carbonyl (C=O) groups is 1. The molecule has 88 valence electrons. The molecule has 1 amide bonds. The van der Waals surface area contributed by atoms with E-state index in [4.69, 9.17) is 16.3 Å². The highest BCUT2D eigenvalue weighted by molar-refractivity contribution is 6.32. The number of halogens is 1. The van der Waals surface area contributed by atoms with Gasteiger partial charge in [-0.3, -0.25) is 4.79 Å². The van der Waals surface area contributed by atoms with Crippen LogP contribution in [0.25, 0.3) is 0 Å². The third-order valence-corrected chi connectivity index (χ3v) is 2.41. The molecular weight excluding hydrogens is 230 g/mol. The summed E-state index contributed by atoms with van der Waals surface area (Å²) in [6, 6.07) is 4.50. The van der Waals surface area contributed by atoms with Crippen LogP contribution in [0.4, 0.5) is 5.69 Å². The zero-order chi connectivity index (χ0) is 12.1. The van der Waals surface area contributed by atoms with E-state index < -0.39 is 0 Å². The van der Waals surface area contributed by atoms with E-state index in [2.05, 4.69) is 5.32 Å². The van der Waals surface area contributed by atoms with Crippen molar-refractivity contribution >= 4 is 23.2 Å². The van der Waals surface area contributed by atoms with Crippen LogP contribution in [0.2, 0.25) is 5.02 Å². The molecule has 5 heteroatoms. The molecule has 0 aromatic heterocycles. The second-order valence-electron chi connectivity index (χ2n) is 3.46. The number of methoxy groups -OCH3 is 1. The molecule has 1 atom stereocenters. The Morgan fingerprint density at radius 3 is 2.88 bits per heavy atom. The lowest BCUT2D eigenvalue weighted by molar-refractivity contribution is -0.118. The number of hydrogen-bond donors (Lipinski definition) is 2. The average molecular weight is 244 g/mol. The van der Waals surface area contributed by atoms with Gasteiger partial charge in [-0.1, -0.05) is 11.6 Å². The van der Waals surface area contributed by atoms with Gasteiger partial charge in [0.25, 0.3) is 0 Å². The molecule has 0 heterocycles. The fourth-order valence-electron chi connectivity index (χ4n) is 1.14. The third kappa shape index (κ3) is 3.72. The predicted molar refractivity (Wildman–Crippen MR) is 62.8 cm³/mol. The van der Waals surface area contributed by atoms with Gasteiger partial charge >= 0.3 is 0 Å². The Morgan fingerprint density at radius 1 is 1.62 bits per heavy atom. The van der Waals surface area contributed by atoms with Crippen LogP contribution in [0.3, 0.4) is 0 Å². The number of hydrogen-bond acceptors (Lipinski definition) is 3. The minimum absolute atomic E-state index is 0.00933. The SMILES string of the molecule is CO[C@@H](C)CC(=O)Nc1ccc(O)c(Cl)c1. The van der Waals surface area contributed by atoms with Crippen LogP contribution in [0, 0.1) is 0 Å². The highest BCUT2D eigenvalue weighted by atomic mass is 35.5. The molecule has 0 fully saturated rings. The molecule has 0 spiro atoms. The summed E-state index contributed by atoms with van der Waals surface area (Å²) in [5.41, 5.74) is 0.552. The fraction of sp³-hybridized carbons (Fsp3) is 0.364. The average Bonchev–Trinajstić information content (AvgIpc) is 2.23. The normalized spacial score (nSPS) is 12.2. The van der Waals surface area contributed by atoms with Gasteiger partial charge in [-0.2, -0.15) is 0 Å². The first-order chi connectivity index (χ1) is 7.52. The second-order valence-corrected chi connectivity index (χ2v) is 3.87. The van der Waals surface area contributed by atoms with Crippen LogP contribution in [0.1, 0.15) is 13.3 Å². The van der Waals surface area contributed by atoms with Gasteiger partial charge in [-0.15, -0.1) is 0 Å². The van der Waals surface area contributed by atoms with Crippen molar-refractivity contribution in [2.24, 2.45) is 0 Å². The van der Waals surface area contributed by atoms with E-state index in [1.54, 1.807) is 13.2 Å². The van der Waals surface area contributed by atoms with Gasteiger partial charge < -0.3 is 15.2 Å². The lowest BCUT2D eigenvalue weighted by Gasteiger charge is -2.10. The smallest absolute Gasteiger partial charge is 0.226 e. The van der Waals surface area contributed by atoms with E-state index in [1.807, 2.05) is 6.92 Å². The number of ether oxygens (including phenoxy) is 1. The Labute approximate surface area is 99.2 Å². The molecule has 0 saturated carbocycles. The topological polar surface area (TPSA) is 58.6 Å². The van der Waals surface area contributed by atoms with Crippen LogP contribution in [-0.4, -0.2) is 24.2 Å². The minimum atomic E-state index is -0.156. The Morgan fingerprint density at radius 2 is 2.31 bits per heavy atom. The highest BCUT2D eigenvalue weighted by Gasteiger charge is 2.09. The first-order valence-electron chi connectivity index (χ1n) is 4.84. The van der Waals surface area contributed by atoms with Gasteiger partial charge in [0.15, 0.2) is 0 Å². The van der Waals surface area contributed by atoms with Crippen LogP contribution in [-0.2, 0) is 9.53 Å². The molecule has 1 rings (SSSR count). The minimum Gasteiger partial charge on any atom is -0.506 e. The van der Waals surface area contributed by atoms with Crippen molar-refractivity contribution in [2.75, 3.05) is 12.4 Å². The van der Waals surface area contributed by atoms with Gasteiger partial charge in [-0.05, 0) is 25.1 Å². The van der Waals surface area contributed by atoms with Crippen LogP contribution < -0.4 is 5.32 Å². The van der Waals surface area contributed by atoms with Crippen LogP contribution in [0.5, 0.6) is 5.75 Å². The Bertz CT molecular complexity index is 381. The fourth-order valence-corrected chi connectivity index (χ4v) is 1.32. The maximum atomic E-state index is 11.5.